The summed E-state index contributed by atoms with van der Waals surface area (Å²) in [5.74, 6) is 0.881. The molecular weight excluding hydrogens is 756 g/mol. The van der Waals surface area contributed by atoms with Crippen LogP contribution in [0.4, 0.5) is 0 Å². The number of rotatable bonds is 3. The first-order valence-corrected chi connectivity index (χ1v) is 15.6. The summed E-state index contributed by atoms with van der Waals surface area (Å²) < 4.78 is 4.64. The normalized spacial score (nSPS) is 11.7. The molecule has 0 aliphatic heterocycles. The molecule has 0 atom stereocenters. The van der Waals surface area contributed by atoms with Crippen molar-refractivity contribution in [2.45, 2.75) is 0 Å². The molecule has 6 aromatic carbocycles. The molecule has 0 unspecified atom stereocenters. The quantitative estimate of drug-likeness (QED) is 0.179. The van der Waals surface area contributed by atoms with Crippen LogP contribution >= 0.6 is 0 Å². The number of fused-ring (bicyclic) bond motifs is 8. The summed E-state index contributed by atoms with van der Waals surface area (Å²) in [4.78, 5) is 10.3. The third-order valence-corrected chi connectivity index (χ3v) is 9.36. The van der Waals surface area contributed by atoms with E-state index in [9.17, 15) is 0 Å². The van der Waals surface area contributed by atoms with E-state index in [1.54, 1.807) is 0 Å². The van der Waals surface area contributed by atoms with Crippen LogP contribution in [0.3, 0.4) is 0 Å². The molecule has 0 aliphatic carbocycles. The minimum absolute atomic E-state index is 0. The maximum Gasteiger partial charge on any atom is 2.00 e. The zero-order valence-electron chi connectivity index (χ0n) is 25.1. The summed E-state index contributed by atoms with van der Waals surface area (Å²) in [6.07, 6.45) is 1.90. The Morgan fingerprint density at radius 1 is 0.426 bits per heavy atom. The molecule has 0 spiro atoms. The van der Waals surface area contributed by atoms with Gasteiger partial charge in [-0.1, -0.05) is 109 Å². The van der Waals surface area contributed by atoms with Gasteiger partial charge in [-0.05, 0) is 53.2 Å². The van der Waals surface area contributed by atoms with E-state index in [0.29, 0.717) is 0 Å². The average Bonchev–Trinajstić information content (AvgIpc) is 3.63. The molecule has 0 aliphatic rings. The summed E-state index contributed by atoms with van der Waals surface area (Å²) >= 11 is 0. The van der Waals surface area contributed by atoms with Gasteiger partial charge in [0, 0.05) is 44.1 Å². The largest absolute Gasteiger partial charge is 2.00 e. The van der Waals surface area contributed by atoms with E-state index in [2.05, 4.69) is 161 Å². The topological polar surface area (TPSA) is 35.6 Å². The van der Waals surface area contributed by atoms with Crippen LogP contribution in [-0.4, -0.2) is 19.1 Å². The first-order chi connectivity index (χ1) is 22.8. The summed E-state index contributed by atoms with van der Waals surface area (Å²) in [7, 11) is 0. The summed E-state index contributed by atoms with van der Waals surface area (Å²) in [6, 6.07) is 53.9. The molecule has 0 bridgehead atoms. The molecule has 4 heterocycles. The Morgan fingerprint density at radius 2 is 1.02 bits per heavy atom. The summed E-state index contributed by atoms with van der Waals surface area (Å²) in [6.45, 7) is 0. The number of nitrogens with zero attached hydrogens (tertiary/aromatic N) is 4. The Morgan fingerprint density at radius 3 is 1.83 bits per heavy atom. The van der Waals surface area contributed by atoms with Gasteiger partial charge in [0.05, 0.1) is 27.9 Å². The fourth-order valence-corrected chi connectivity index (χ4v) is 7.32. The average molecular weight is 782 g/mol. The van der Waals surface area contributed by atoms with Gasteiger partial charge in [-0.15, -0.1) is 0 Å². The number of pyridine rings is 2. The molecule has 0 amide bonds. The molecular formula is C42H26N4Pt+2. The van der Waals surface area contributed by atoms with Crippen molar-refractivity contribution in [3.63, 3.8) is 0 Å². The van der Waals surface area contributed by atoms with Crippen molar-refractivity contribution < 1.29 is 21.1 Å². The summed E-state index contributed by atoms with van der Waals surface area (Å²) in [5.41, 5.74) is 7.50. The maximum absolute atomic E-state index is 5.50. The van der Waals surface area contributed by atoms with Crippen molar-refractivity contribution in [1.82, 2.24) is 19.1 Å². The second kappa shape index (κ2) is 10.8. The third-order valence-electron chi connectivity index (χ3n) is 9.36. The predicted molar refractivity (Wildman–Crippen MR) is 191 cm³/mol. The van der Waals surface area contributed by atoms with Crippen LogP contribution in [0.1, 0.15) is 0 Å². The van der Waals surface area contributed by atoms with Gasteiger partial charge < -0.3 is 0 Å². The van der Waals surface area contributed by atoms with Gasteiger partial charge >= 0.3 is 21.1 Å². The molecule has 0 fully saturated rings. The van der Waals surface area contributed by atoms with Crippen molar-refractivity contribution >= 4 is 65.3 Å². The monoisotopic (exact) mass is 781 g/mol. The molecule has 10 rings (SSSR count). The zero-order chi connectivity index (χ0) is 30.2. The number of para-hydroxylation sites is 2. The molecule has 4 nitrogen and oxygen atoms in total. The Hall–Kier alpha value is -5.57. The van der Waals surface area contributed by atoms with Crippen LogP contribution in [-0.2, 0) is 21.1 Å². The second-order valence-electron chi connectivity index (χ2n) is 11.9. The minimum atomic E-state index is 0. The van der Waals surface area contributed by atoms with E-state index in [0.717, 1.165) is 55.7 Å². The Bertz CT molecular complexity index is 2820. The number of hydrogen-bond donors (Lipinski definition) is 0. The van der Waals surface area contributed by atoms with Crippen molar-refractivity contribution in [2.24, 2.45) is 0 Å². The van der Waals surface area contributed by atoms with Gasteiger partial charge in [0.25, 0.3) is 0 Å². The van der Waals surface area contributed by atoms with Crippen LogP contribution in [0, 0.1) is 0 Å². The first-order valence-electron chi connectivity index (χ1n) is 15.6. The van der Waals surface area contributed by atoms with Crippen molar-refractivity contribution in [3.05, 3.63) is 158 Å². The van der Waals surface area contributed by atoms with E-state index >= 15 is 0 Å². The summed E-state index contributed by atoms with van der Waals surface area (Å²) in [5, 5.41) is 9.45. The molecule has 10 aromatic rings. The fraction of sp³-hybridized carbons (Fsp3) is 0. The molecule has 47 heavy (non-hydrogen) atoms. The van der Waals surface area contributed by atoms with Gasteiger partial charge in [0.2, 0.25) is 0 Å². The van der Waals surface area contributed by atoms with E-state index in [4.69, 9.17) is 9.97 Å². The number of hydrogen-bond acceptors (Lipinski definition) is 2. The smallest absolute Gasteiger partial charge is 0.294 e. The van der Waals surface area contributed by atoms with Crippen molar-refractivity contribution in [3.8, 4) is 22.8 Å². The Kier molecular flexibility index (Phi) is 6.34. The SMILES string of the molecule is [Pt+2].c1ccc2c(-n3c4ccccc4c4ccc(-n5c6ccccc6c6ccc(-c7nccc8ccccc78)cc65)nc43)cccc2c1. The van der Waals surface area contributed by atoms with Crippen LogP contribution in [0.2, 0.25) is 0 Å². The van der Waals surface area contributed by atoms with Gasteiger partial charge in [-0.3, -0.25) is 14.1 Å². The van der Waals surface area contributed by atoms with Gasteiger partial charge in [0.15, 0.2) is 0 Å². The molecule has 4 aromatic heterocycles. The van der Waals surface area contributed by atoms with Gasteiger partial charge in [0.1, 0.15) is 11.5 Å². The second-order valence-corrected chi connectivity index (χ2v) is 11.9. The number of benzene rings is 6. The molecule has 0 saturated heterocycles. The Labute approximate surface area is 284 Å². The molecule has 0 N–H and O–H groups in total. The Balaban J connectivity index is 0.00000302. The van der Waals surface area contributed by atoms with Crippen LogP contribution in [0.15, 0.2) is 158 Å². The van der Waals surface area contributed by atoms with E-state index in [-0.39, 0.29) is 21.1 Å². The molecule has 222 valence electrons. The fourth-order valence-electron chi connectivity index (χ4n) is 7.32. The van der Waals surface area contributed by atoms with Crippen LogP contribution < -0.4 is 0 Å². The predicted octanol–water partition coefficient (Wildman–Crippen LogP) is 10.6. The van der Waals surface area contributed by atoms with E-state index < -0.39 is 0 Å². The van der Waals surface area contributed by atoms with Crippen LogP contribution in [0.25, 0.3) is 88.0 Å². The zero-order valence-corrected chi connectivity index (χ0v) is 27.4. The third kappa shape index (κ3) is 4.12. The van der Waals surface area contributed by atoms with Crippen LogP contribution in [0.5, 0.6) is 0 Å². The van der Waals surface area contributed by atoms with Gasteiger partial charge in [-0.25, -0.2) is 4.98 Å². The first kappa shape index (κ1) is 27.7. The molecule has 0 radical (unpaired) electrons. The number of aromatic nitrogens is 4. The minimum Gasteiger partial charge on any atom is -0.294 e. The van der Waals surface area contributed by atoms with Gasteiger partial charge in [-0.2, -0.15) is 0 Å². The molecule has 0 saturated carbocycles. The van der Waals surface area contributed by atoms with Crippen molar-refractivity contribution in [2.75, 3.05) is 0 Å². The standard InChI is InChI=1S/C42H26N4.Pt/c1-3-13-30-27(10-1)12-9-19-36(30)46-38-18-8-6-16-33(38)35-22-23-40(44-42(35)46)45-37-17-7-5-15-32(37)34-21-20-29(26-39(34)45)41-31-14-4-2-11-28(31)24-25-43-41;/h1-26H;/q;+2. The molecule has 5 heteroatoms. The van der Waals surface area contributed by atoms with E-state index in [1.807, 2.05) is 6.20 Å². The van der Waals surface area contributed by atoms with Crippen molar-refractivity contribution in [1.29, 1.82) is 0 Å². The van der Waals surface area contributed by atoms with E-state index in [1.165, 1.54) is 32.3 Å². The maximum atomic E-state index is 5.50.